The summed E-state index contributed by atoms with van der Waals surface area (Å²) in [5, 5.41) is 50.9. The monoisotopic (exact) mass is 375 g/mol. The summed E-state index contributed by atoms with van der Waals surface area (Å²) in [7, 11) is 0. The van der Waals surface area contributed by atoms with E-state index >= 15 is 0 Å². The summed E-state index contributed by atoms with van der Waals surface area (Å²) >= 11 is 3.25. The predicted octanol–water partition coefficient (Wildman–Crippen LogP) is -1.39. The number of amides is 1. The van der Waals surface area contributed by atoms with Crippen molar-refractivity contribution < 1.29 is 30.3 Å². The van der Waals surface area contributed by atoms with Crippen LogP contribution in [0.1, 0.15) is 10.4 Å². The molecule has 7 nitrogen and oxygen atoms in total. The Labute approximate surface area is 135 Å². The molecule has 1 aromatic carbocycles. The van der Waals surface area contributed by atoms with Gasteiger partial charge in [-0.15, -0.1) is 0 Å². The average molecular weight is 376 g/mol. The molecule has 6 N–H and O–H groups in total. The van der Waals surface area contributed by atoms with Crippen molar-refractivity contribution in [1.82, 2.24) is 5.32 Å². The van der Waals surface area contributed by atoms with Crippen LogP contribution in [0.25, 0.3) is 0 Å². The van der Waals surface area contributed by atoms with Gasteiger partial charge in [0.15, 0.2) is 0 Å². The van der Waals surface area contributed by atoms with Crippen molar-refractivity contribution in [3.63, 3.8) is 0 Å². The Hall–Kier alpha value is -1.03. The molecule has 1 amide bonds. The summed E-state index contributed by atoms with van der Waals surface area (Å²) in [6.07, 6.45) is -4.42. The van der Waals surface area contributed by atoms with E-state index in [4.69, 9.17) is 5.11 Å². The van der Waals surface area contributed by atoms with Crippen molar-refractivity contribution in [2.75, 3.05) is 13.2 Å². The number of carbonyl (C=O) groups is 1. The second-order valence-electron chi connectivity index (χ2n) is 5.34. The van der Waals surface area contributed by atoms with E-state index in [2.05, 4.69) is 21.2 Å². The Morgan fingerprint density at radius 3 is 2.45 bits per heavy atom. The zero-order valence-corrected chi connectivity index (χ0v) is 13.1. The first-order valence-electron chi connectivity index (χ1n) is 6.73. The maximum atomic E-state index is 11.9. The molecule has 1 aliphatic rings. The number of nitrogens with one attached hydrogen (secondary N) is 1. The van der Waals surface area contributed by atoms with Gasteiger partial charge in [-0.3, -0.25) is 4.79 Å². The number of rotatable bonds is 5. The number of aliphatic hydroxyl groups excluding tert-OH is 4. The fraction of sp³-hybridized carbons (Fsp3) is 0.500. The fourth-order valence-electron chi connectivity index (χ4n) is 2.62. The molecule has 1 fully saturated rings. The van der Waals surface area contributed by atoms with Crippen LogP contribution in [0.4, 0.5) is 0 Å². The molecular weight excluding hydrogens is 358 g/mol. The highest BCUT2D eigenvalue weighted by Gasteiger charge is 2.64. The van der Waals surface area contributed by atoms with Gasteiger partial charge < -0.3 is 30.8 Å². The van der Waals surface area contributed by atoms with E-state index in [0.29, 0.717) is 5.56 Å². The summed E-state index contributed by atoms with van der Waals surface area (Å²) < 4.78 is 0.816. The summed E-state index contributed by atoms with van der Waals surface area (Å²) in [5.41, 5.74) is -1.68. The zero-order chi connectivity index (χ0) is 16.5. The lowest BCUT2D eigenvalue weighted by Crippen LogP contribution is -2.76. The quantitative estimate of drug-likeness (QED) is 0.376. The molecule has 1 aliphatic carbocycles. The largest absolute Gasteiger partial charge is 0.396 e. The van der Waals surface area contributed by atoms with Gasteiger partial charge in [0, 0.05) is 22.5 Å². The Balaban J connectivity index is 1.96. The number of hydrogen-bond acceptors (Lipinski definition) is 6. The fourth-order valence-corrected chi connectivity index (χ4v) is 2.89. The normalized spacial score (nSPS) is 32.2. The first-order chi connectivity index (χ1) is 10.3. The maximum absolute atomic E-state index is 11.9. The van der Waals surface area contributed by atoms with Gasteiger partial charge in [0.2, 0.25) is 0 Å². The summed E-state index contributed by atoms with van der Waals surface area (Å²) in [5.74, 6) is -1.52. The summed E-state index contributed by atoms with van der Waals surface area (Å²) in [4.78, 5) is 11.9. The van der Waals surface area contributed by atoms with E-state index < -0.39 is 42.3 Å². The molecule has 0 bridgehead atoms. The zero-order valence-electron chi connectivity index (χ0n) is 11.6. The maximum Gasteiger partial charge on any atom is 0.251 e. The molecule has 8 heteroatoms. The molecular formula is C14H18BrNO6. The van der Waals surface area contributed by atoms with Crippen molar-refractivity contribution in [2.24, 2.45) is 5.92 Å². The van der Waals surface area contributed by atoms with Gasteiger partial charge in [0.1, 0.15) is 17.8 Å². The summed E-state index contributed by atoms with van der Waals surface area (Å²) in [6, 6.07) is 6.54. The minimum absolute atomic E-state index is 0.328. The highest BCUT2D eigenvalue weighted by atomic mass is 79.9. The van der Waals surface area contributed by atoms with Gasteiger partial charge in [-0.1, -0.05) is 15.9 Å². The Morgan fingerprint density at radius 1 is 1.32 bits per heavy atom. The van der Waals surface area contributed by atoms with E-state index in [-0.39, 0.29) is 6.54 Å². The van der Waals surface area contributed by atoms with Crippen LogP contribution < -0.4 is 5.32 Å². The van der Waals surface area contributed by atoms with Crippen LogP contribution in [-0.2, 0) is 0 Å². The van der Waals surface area contributed by atoms with Crippen molar-refractivity contribution >= 4 is 21.8 Å². The molecule has 0 radical (unpaired) electrons. The minimum Gasteiger partial charge on any atom is -0.396 e. The molecule has 5 unspecified atom stereocenters. The third kappa shape index (κ3) is 2.90. The smallest absolute Gasteiger partial charge is 0.251 e. The lowest BCUT2D eigenvalue weighted by molar-refractivity contribution is -0.299. The highest BCUT2D eigenvalue weighted by molar-refractivity contribution is 9.10. The number of benzene rings is 1. The van der Waals surface area contributed by atoms with Crippen molar-refractivity contribution in [3.05, 3.63) is 34.3 Å². The van der Waals surface area contributed by atoms with Crippen LogP contribution in [0, 0.1) is 5.92 Å². The van der Waals surface area contributed by atoms with Gasteiger partial charge in [-0.25, -0.2) is 0 Å². The van der Waals surface area contributed by atoms with Crippen molar-refractivity contribution in [1.29, 1.82) is 0 Å². The Kier molecular flexibility index (Phi) is 5.21. The second kappa shape index (κ2) is 6.61. The molecule has 5 atom stereocenters. The standard InChI is InChI=1S/C14H18BrNO6/c15-8-3-1-7(2-4-8)13(21)16-5-10(18)14(22)9(6-17)11(19)12(14)20/h1-4,9-12,17-20,22H,5-6H2,(H,16,21). The van der Waals surface area contributed by atoms with E-state index in [9.17, 15) is 25.2 Å². The molecule has 0 heterocycles. The van der Waals surface area contributed by atoms with E-state index in [0.717, 1.165) is 4.47 Å². The molecule has 122 valence electrons. The van der Waals surface area contributed by atoms with Gasteiger partial charge in [0.25, 0.3) is 5.91 Å². The Bertz CT molecular complexity index is 539. The molecule has 1 aromatic rings. The second-order valence-corrected chi connectivity index (χ2v) is 6.26. The Morgan fingerprint density at radius 2 is 1.91 bits per heavy atom. The molecule has 0 spiro atoms. The lowest BCUT2D eigenvalue weighted by atomic mass is 9.62. The van der Waals surface area contributed by atoms with Crippen molar-refractivity contribution in [3.8, 4) is 0 Å². The van der Waals surface area contributed by atoms with Crippen LogP contribution in [0.3, 0.4) is 0 Å². The topological polar surface area (TPSA) is 130 Å². The molecule has 22 heavy (non-hydrogen) atoms. The summed E-state index contributed by atoms with van der Waals surface area (Å²) in [6.45, 7) is -0.919. The number of aliphatic hydroxyl groups is 5. The van der Waals surface area contributed by atoms with Crippen LogP contribution in [0.2, 0.25) is 0 Å². The molecule has 2 rings (SSSR count). The van der Waals surface area contributed by atoms with Crippen LogP contribution in [-0.4, -0.2) is 68.5 Å². The van der Waals surface area contributed by atoms with Crippen LogP contribution in [0.15, 0.2) is 28.7 Å². The van der Waals surface area contributed by atoms with E-state index in [1.165, 1.54) is 0 Å². The third-order valence-electron chi connectivity index (χ3n) is 4.10. The average Bonchev–Trinajstić information content (AvgIpc) is 2.52. The van der Waals surface area contributed by atoms with Gasteiger partial charge in [-0.2, -0.15) is 0 Å². The van der Waals surface area contributed by atoms with Gasteiger partial charge in [0.05, 0.1) is 12.7 Å². The number of carbonyl (C=O) groups excluding carboxylic acids is 1. The first kappa shape index (κ1) is 17.3. The highest BCUT2D eigenvalue weighted by Crippen LogP contribution is 2.41. The molecule has 1 saturated carbocycles. The van der Waals surface area contributed by atoms with E-state index in [1.54, 1.807) is 24.3 Å². The van der Waals surface area contributed by atoms with Crippen molar-refractivity contribution in [2.45, 2.75) is 23.9 Å². The van der Waals surface area contributed by atoms with Crippen LogP contribution >= 0.6 is 15.9 Å². The lowest BCUT2D eigenvalue weighted by Gasteiger charge is -2.54. The number of hydrogen-bond donors (Lipinski definition) is 6. The molecule has 0 aromatic heterocycles. The van der Waals surface area contributed by atoms with Gasteiger partial charge >= 0.3 is 0 Å². The predicted molar refractivity (Wildman–Crippen MR) is 80.0 cm³/mol. The minimum atomic E-state index is -2.05. The molecule has 0 saturated heterocycles. The SMILES string of the molecule is O=C(NCC(O)C1(O)C(O)C(O)C1CO)c1ccc(Br)cc1. The number of halogens is 1. The third-order valence-corrected chi connectivity index (χ3v) is 4.63. The van der Waals surface area contributed by atoms with E-state index in [1.807, 2.05) is 0 Å². The molecule has 0 aliphatic heterocycles. The van der Waals surface area contributed by atoms with Gasteiger partial charge in [-0.05, 0) is 24.3 Å². The van der Waals surface area contributed by atoms with Crippen LogP contribution in [0.5, 0.6) is 0 Å². The first-order valence-corrected chi connectivity index (χ1v) is 7.52.